The second-order valence-corrected chi connectivity index (χ2v) is 6.23. The molecule has 1 atom stereocenters. The van der Waals surface area contributed by atoms with E-state index in [1.807, 2.05) is 0 Å². The Morgan fingerprint density at radius 2 is 2.16 bits per heavy atom. The predicted molar refractivity (Wildman–Crippen MR) is 79.3 cm³/mol. The summed E-state index contributed by atoms with van der Waals surface area (Å²) in [5.74, 6) is 0. The third-order valence-electron chi connectivity index (χ3n) is 4.01. The van der Waals surface area contributed by atoms with Gasteiger partial charge < -0.3 is 5.73 Å². The Morgan fingerprint density at radius 3 is 2.89 bits per heavy atom. The third-order valence-corrected chi connectivity index (χ3v) is 4.71. The van der Waals surface area contributed by atoms with Crippen LogP contribution in [-0.2, 0) is 6.42 Å². The molecule has 1 aliphatic carbocycles. The fourth-order valence-electron chi connectivity index (χ4n) is 2.86. The molecule has 2 heterocycles. The van der Waals surface area contributed by atoms with Crippen molar-refractivity contribution in [2.75, 3.05) is 0 Å². The maximum absolute atomic E-state index is 6.22. The molecule has 102 valence electrons. The van der Waals surface area contributed by atoms with E-state index in [2.05, 4.69) is 33.8 Å². The predicted octanol–water partition coefficient (Wildman–Crippen LogP) is 3.69. The van der Waals surface area contributed by atoms with Gasteiger partial charge in [-0.2, -0.15) is 16.4 Å². The first kappa shape index (κ1) is 12.9. The van der Waals surface area contributed by atoms with Crippen molar-refractivity contribution < 1.29 is 0 Å². The molecule has 0 radical (unpaired) electrons. The quantitative estimate of drug-likeness (QED) is 0.924. The minimum absolute atomic E-state index is 0.0703. The van der Waals surface area contributed by atoms with Crippen LogP contribution in [0.2, 0.25) is 0 Å². The van der Waals surface area contributed by atoms with Crippen LogP contribution in [0.3, 0.4) is 0 Å². The molecule has 1 fully saturated rings. The number of nitrogens with zero attached hydrogens (tertiary/aromatic N) is 2. The largest absolute Gasteiger partial charge is 0.324 e. The van der Waals surface area contributed by atoms with E-state index in [0.717, 1.165) is 12.1 Å². The van der Waals surface area contributed by atoms with Gasteiger partial charge in [-0.3, -0.25) is 4.68 Å². The first-order valence-electron chi connectivity index (χ1n) is 7.14. The molecule has 2 aromatic rings. The molecule has 0 aliphatic heterocycles. The fraction of sp³-hybridized carbons (Fsp3) is 0.533. The summed E-state index contributed by atoms with van der Waals surface area (Å²) in [6, 6.07) is 4.91. The fourth-order valence-corrected chi connectivity index (χ4v) is 3.59. The molecule has 1 unspecified atom stereocenters. The summed E-state index contributed by atoms with van der Waals surface area (Å²) in [5, 5.41) is 8.93. The van der Waals surface area contributed by atoms with Gasteiger partial charge in [0.05, 0.1) is 11.7 Å². The van der Waals surface area contributed by atoms with Crippen LogP contribution in [0.1, 0.15) is 55.4 Å². The molecule has 2 N–H and O–H groups in total. The van der Waals surface area contributed by atoms with Crippen LogP contribution in [0.5, 0.6) is 0 Å². The van der Waals surface area contributed by atoms with Gasteiger partial charge in [0.1, 0.15) is 0 Å². The molecule has 0 bridgehead atoms. The van der Waals surface area contributed by atoms with Crippen molar-refractivity contribution in [3.8, 4) is 0 Å². The Bertz CT molecular complexity index is 497. The van der Waals surface area contributed by atoms with E-state index < -0.39 is 0 Å². The van der Waals surface area contributed by atoms with E-state index in [4.69, 9.17) is 10.8 Å². The molecule has 0 spiro atoms. The monoisotopic (exact) mass is 275 g/mol. The summed E-state index contributed by atoms with van der Waals surface area (Å²) in [6.07, 6.45) is 9.58. The van der Waals surface area contributed by atoms with Crippen LogP contribution in [0.25, 0.3) is 0 Å². The van der Waals surface area contributed by atoms with Gasteiger partial charge in [-0.25, -0.2) is 0 Å². The zero-order chi connectivity index (χ0) is 13.1. The first-order chi connectivity index (χ1) is 9.33. The lowest BCUT2D eigenvalue weighted by Crippen LogP contribution is -2.15. The molecular weight excluding hydrogens is 254 g/mol. The number of nitrogens with two attached hydrogens (primary N) is 1. The number of thiophene rings is 1. The lowest BCUT2D eigenvalue weighted by atomic mass is 9.96. The molecule has 3 rings (SSSR count). The highest BCUT2D eigenvalue weighted by atomic mass is 32.1. The van der Waals surface area contributed by atoms with E-state index in [1.54, 1.807) is 11.3 Å². The Labute approximate surface area is 118 Å². The van der Waals surface area contributed by atoms with E-state index in [1.165, 1.54) is 37.7 Å². The molecule has 2 aromatic heterocycles. The van der Waals surface area contributed by atoms with Gasteiger partial charge in [0, 0.05) is 18.7 Å². The van der Waals surface area contributed by atoms with Crippen molar-refractivity contribution in [3.63, 3.8) is 0 Å². The van der Waals surface area contributed by atoms with Crippen LogP contribution in [0.15, 0.2) is 29.1 Å². The van der Waals surface area contributed by atoms with E-state index in [0.29, 0.717) is 6.04 Å². The molecule has 0 saturated heterocycles. The highest BCUT2D eigenvalue weighted by Gasteiger charge is 2.17. The molecular formula is C15H21N3S. The molecule has 1 saturated carbocycles. The van der Waals surface area contributed by atoms with Gasteiger partial charge in [0.2, 0.25) is 0 Å². The lowest BCUT2D eigenvalue weighted by molar-refractivity contribution is 0.328. The molecule has 19 heavy (non-hydrogen) atoms. The second-order valence-electron chi connectivity index (χ2n) is 5.45. The van der Waals surface area contributed by atoms with E-state index in [9.17, 15) is 0 Å². The molecule has 0 aromatic carbocycles. The smallest absolute Gasteiger partial charge is 0.0643 e. The van der Waals surface area contributed by atoms with Crippen LogP contribution >= 0.6 is 11.3 Å². The van der Waals surface area contributed by atoms with Gasteiger partial charge in [0.25, 0.3) is 0 Å². The lowest BCUT2D eigenvalue weighted by Gasteiger charge is -2.21. The van der Waals surface area contributed by atoms with Gasteiger partial charge in [-0.05, 0) is 41.3 Å². The Morgan fingerprint density at radius 1 is 1.32 bits per heavy atom. The summed E-state index contributed by atoms with van der Waals surface area (Å²) >= 11 is 1.70. The molecule has 1 aliphatic rings. The average molecular weight is 275 g/mol. The topological polar surface area (TPSA) is 43.8 Å². The normalized spacial score (nSPS) is 18.6. The van der Waals surface area contributed by atoms with Gasteiger partial charge in [-0.1, -0.05) is 19.3 Å². The maximum atomic E-state index is 6.22. The SMILES string of the molecule is NC(Cc1ccn(C2CCCCC2)n1)c1ccsc1. The Balaban J connectivity index is 1.64. The average Bonchev–Trinajstić information content (AvgIpc) is 3.11. The molecule has 0 amide bonds. The molecule has 3 nitrogen and oxygen atoms in total. The zero-order valence-electron chi connectivity index (χ0n) is 11.2. The van der Waals surface area contributed by atoms with Crippen molar-refractivity contribution in [2.45, 2.75) is 50.6 Å². The van der Waals surface area contributed by atoms with Crippen molar-refractivity contribution in [3.05, 3.63) is 40.3 Å². The zero-order valence-corrected chi connectivity index (χ0v) is 12.0. The van der Waals surface area contributed by atoms with Crippen LogP contribution in [0.4, 0.5) is 0 Å². The van der Waals surface area contributed by atoms with Gasteiger partial charge in [0.15, 0.2) is 0 Å². The highest BCUT2D eigenvalue weighted by molar-refractivity contribution is 7.07. The van der Waals surface area contributed by atoms with Gasteiger partial charge in [-0.15, -0.1) is 0 Å². The second kappa shape index (κ2) is 5.88. The number of hydrogen-bond donors (Lipinski definition) is 1. The highest BCUT2D eigenvalue weighted by Crippen LogP contribution is 2.27. The summed E-state index contributed by atoms with van der Waals surface area (Å²) in [5.41, 5.74) is 8.55. The first-order valence-corrected chi connectivity index (χ1v) is 8.09. The summed E-state index contributed by atoms with van der Waals surface area (Å²) in [7, 11) is 0. The summed E-state index contributed by atoms with van der Waals surface area (Å²) in [6.45, 7) is 0. The number of rotatable bonds is 4. The molecule has 4 heteroatoms. The van der Waals surface area contributed by atoms with Crippen molar-refractivity contribution in [1.29, 1.82) is 0 Å². The maximum Gasteiger partial charge on any atom is 0.0643 e. The van der Waals surface area contributed by atoms with Crippen LogP contribution in [0, 0.1) is 0 Å². The van der Waals surface area contributed by atoms with E-state index in [-0.39, 0.29) is 6.04 Å². The Kier molecular flexibility index (Phi) is 3.99. The minimum atomic E-state index is 0.0703. The van der Waals surface area contributed by atoms with Crippen molar-refractivity contribution >= 4 is 11.3 Å². The van der Waals surface area contributed by atoms with Crippen LogP contribution < -0.4 is 5.73 Å². The Hall–Kier alpha value is -1.13. The van der Waals surface area contributed by atoms with E-state index >= 15 is 0 Å². The standard InChI is InChI=1S/C15H21N3S/c16-15(12-7-9-19-11-12)10-13-6-8-18(17-13)14-4-2-1-3-5-14/h6-9,11,14-15H,1-5,10,16H2. The summed E-state index contributed by atoms with van der Waals surface area (Å²) < 4.78 is 2.16. The third kappa shape index (κ3) is 3.07. The van der Waals surface area contributed by atoms with Crippen LogP contribution in [-0.4, -0.2) is 9.78 Å². The summed E-state index contributed by atoms with van der Waals surface area (Å²) in [4.78, 5) is 0. The van der Waals surface area contributed by atoms with Crippen molar-refractivity contribution in [2.24, 2.45) is 5.73 Å². The number of aromatic nitrogens is 2. The van der Waals surface area contributed by atoms with Gasteiger partial charge >= 0.3 is 0 Å². The van der Waals surface area contributed by atoms with Crippen molar-refractivity contribution in [1.82, 2.24) is 9.78 Å². The minimum Gasteiger partial charge on any atom is -0.324 e. The number of hydrogen-bond acceptors (Lipinski definition) is 3.